The molecule has 1 saturated carbocycles. The largest absolute Gasteiger partial charge is 0.368 e. The molecule has 3 unspecified atom stereocenters. The second-order valence-corrected chi connectivity index (χ2v) is 9.01. The van der Waals surface area contributed by atoms with E-state index in [1.54, 1.807) is 12.7 Å². The molecule has 2 aromatic rings. The zero-order chi connectivity index (χ0) is 19.6. The third-order valence-corrected chi connectivity index (χ3v) is 6.82. The van der Waals surface area contributed by atoms with Crippen LogP contribution in [0.25, 0.3) is 0 Å². The molecule has 29 heavy (non-hydrogen) atoms. The molecule has 8 nitrogen and oxygen atoms in total. The third-order valence-electron chi connectivity index (χ3n) is 6.82. The van der Waals surface area contributed by atoms with E-state index in [4.69, 9.17) is 9.97 Å². The Morgan fingerprint density at radius 2 is 2.03 bits per heavy atom. The first-order chi connectivity index (χ1) is 14.2. The van der Waals surface area contributed by atoms with Crippen molar-refractivity contribution in [1.29, 1.82) is 0 Å². The topological polar surface area (TPSA) is 83.8 Å². The van der Waals surface area contributed by atoms with Gasteiger partial charge in [0.15, 0.2) is 0 Å². The average Bonchev–Trinajstić information content (AvgIpc) is 3.47. The van der Waals surface area contributed by atoms with Crippen LogP contribution in [0.15, 0.2) is 12.7 Å². The molecule has 0 aromatic carbocycles. The third kappa shape index (κ3) is 4.22. The number of aryl methyl sites for hydroxylation is 1. The number of likely N-dealkylation sites (tertiary alicyclic amines) is 1. The van der Waals surface area contributed by atoms with Crippen LogP contribution in [0.5, 0.6) is 0 Å². The van der Waals surface area contributed by atoms with Gasteiger partial charge in [-0.25, -0.2) is 9.97 Å². The zero-order valence-corrected chi connectivity index (χ0v) is 17.3. The fourth-order valence-corrected chi connectivity index (χ4v) is 5.26. The predicted molar refractivity (Wildman–Crippen MR) is 113 cm³/mol. The Balaban J connectivity index is 1.23. The summed E-state index contributed by atoms with van der Waals surface area (Å²) in [6, 6.07) is 0.821. The molecule has 2 N–H and O–H groups in total. The molecule has 3 aliphatic rings. The molecule has 156 valence electrons. The molecule has 2 aliphatic carbocycles. The van der Waals surface area contributed by atoms with E-state index >= 15 is 0 Å². The number of aromatic nitrogens is 5. The van der Waals surface area contributed by atoms with Crippen LogP contribution < -0.4 is 10.6 Å². The fourth-order valence-electron chi connectivity index (χ4n) is 5.26. The Kier molecular flexibility index (Phi) is 5.35. The highest BCUT2D eigenvalue weighted by Gasteiger charge is 2.37. The van der Waals surface area contributed by atoms with Crippen LogP contribution >= 0.6 is 0 Å². The highest BCUT2D eigenvalue weighted by molar-refractivity contribution is 5.51. The highest BCUT2D eigenvalue weighted by atomic mass is 15.3. The molecule has 1 aliphatic heterocycles. The summed E-state index contributed by atoms with van der Waals surface area (Å²) in [7, 11) is 0. The summed E-state index contributed by atoms with van der Waals surface area (Å²) < 4.78 is 1.84. The first-order valence-electron chi connectivity index (χ1n) is 11.2. The lowest BCUT2D eigenvalue weighted by Gasteiger charge is -2.27. The van der Waals surface area contributed by atoms with Crippen molar-refractivity contribution in [3.05, 3.63) is 23.9 Å². The summed E-state index contributed by atoms with van der Waals surface area (Å²) in [6.07, 6.45) is 10.9. The van der Waals surface area contributed by atoms with Crippen molar-refractivity contribution in [1.82, 2.24) is 29.6 Å². The summed E-state index contributed by atoms with van der Waals surface area (Å²) in [5, 5.41) is 11.2. The van der Waals surface area contributed by atoms with Crippen molar-refractivity contribution >= 4 is 11.8 Å². The maximum atomic E-state index is 4.87. The Hall–Kier alpha value is -2.22. The predicted octanol–water partition coefficient (Wildman–Crippen LogP) is 2.20. The van der Waals surface area contributed by atoms with E-state index in [9.17, 15) is 0 Å². The summed E-state index contributed by atoms with van der Waals surface area (Å²) >= 11 is 0. The van der Waals surface area contributed by atoms with Gasteiger partial charge in [0, 0.05) is 37.8 Å². The van der Waals surface area contributed by atoms with E-state index in [0.29, 0.717) is 5.92 Å². The number of piperidine rings is 1. The molecule has 1 saturated heterocycles. The van der Waals surface area contributed by atoms with Crippen LogP contribution in [-0.4, -0.2) is 61.9 Å². The van der Waals surface area contributed by atoms with Crippen LogP contribution in [0.1, 0.15) is 43.9 Å². The zero-order valence-electron chi connectivity index (χ0n) is 17.3. The highest BCUT2D eigenvalue weighted by Crippen LogP contribution is 2.37. The fraction of sp³-hybridized carbons (Fsp3) is 0.714. The van der Waals surface area contributed by atoms with Crippen molar-refractivity contribution in [2.45, 2.75) is 58.0 Å². The summed E-state index contributed by atoms with van der Waals surface area (Å²) in [6.45, 7) is 7.15. The minimum absolute atomic E-state index is 0.686. The van der Waals surface area contributed by atoms with Gasteiger partial charge in [0.25, 0.3) is 0 Å². The maximum absolute atomic E-state index is 4.87. The summed E-state index contributed by atoms with van der Waals surface area (Å²) in [5.74, 6) is 3.39. The van der Waals surface area contributed by atoms with Crippen LogP contribution in [-0.2, 0) is 19.4 Å². The molecular weight excluding hydrogens is 364 g/mol. The Morgan fingerprint density at radius 1 is 1.10 bits per heavy atom. The molecule has 3 atom stereocenters. The molecule has 0 radical (unpaired) electrons. The van der Waals surface area contributed by atoms with Crippen molar-refractivity contribution in [2.75, 3.05) is 36.8 Å². The van der Waals surface area contributed by atoms with E-state index < -0.39 is 0 Å². The van der Waals surface area contributed by atoms with Gasteiger partial charge in [0.05, 0.1) is 12.2 Å². The molecule has 5 rings (SSSR count). The van der Waals surface area contributed by atoms with E-state index in [1.807, 2.05) is 4.68 Å². The number of nitrogens with zero attached hydrogens (tertiary/aromatic N) is 6. The van der Waals surface area contributed by atoms with Crippen molar-refractivity contribution < 1.29 is 0 Å². The van der Waals surface area contributed by atoms with Gasteiger partial charge < -0.3 is 10.6 Å². The van der Waals surface area contributed by atoms with E-state index in [1.165, 1.54) is 43.5 Å². The summed E-state index contributed by atoms with van der Waals surface area (Å²) in [4.78, 5) is 16.4. The van der Waals surface area contributed by atoms with Crippen LogP contribution in [0.4, 0.5) is 11.8 Å². The van der Waals surface area contributed by atoms with Gasteiger partial charge in [-0.15, -0.1) is 0 Å². The molecule has 8 heteroatoms. The maximum Gasteiger partial charge on any atom is 0.224 e. The van der Waals surface area contributed by atoms with Crippen LogP contribution in [0.3, 0.4) is 0 Å². The first-order valence-corrected chi connectivity index (χ1v) is 11.2. The Bertz CT molecular complexity index is 820. The van der Waals surface area contributed by atoms with Gasteiger partial charge in [0.2, 0.25) is 5.95 Å². The lowest BCUT2D eigenvalue weighted by atomic mass is 9.88. The second-order valence-electron chi connectivity index (χ2n) is 9.01. The van der Waals surface area contributed by atoms with Crippen LogP contribution in [0, 0.1) is 11.8 Å². The normalized spacial score (nSPS) is 25.9. The number of nitrogens with one attached hydrogen (secondary N) is 2. The molecule has 3 heterocycles. The number of anilines is 2. The molecule has 2 bridgehead atoms. The van der Waals surface area contributed by atoms with E-state index in [2.05, 4.69) is 32.5 Å². The number of hydrogen-bond donors (Lipinski definition) is 2. The number of fused-ring (bicyclic) bond motifs is 3. The second kappa shape index (κ2) is 8.26. The molecule has 2 fully saturated rings. The minimum atomic E-state index is 0.686. The van der Waals surface area contributed by atoms with Crippen molar-refractivity contribution in [3.63, 3.8) is 0 Å². The first kappa shape index (κ1) is 18.8. The van der Waals surface area contributed by atoms with E-state index in [-0.39, 0.29) is 0 Å². The van der Waals surface area contributed by atoms with Gasteiger partial charge in [-0.3, -0.25) is 9.58 Å². The van der Waals surface area contributed by atoms with Crippen LogP contribution in [0.2, 0.25) is 0 Å². The van der Waals surface area contributed by atoms with E-state index in [0.717, 1.165) is 62.7 Å². The smallest absolute Gasteiger partial charge is 0.224 e. The number of rotatable bonds is 8. The molecule has 2 aromatic heterocycles. The summed E-state index contributed by atoms with van der Waals surface area (Å²) in [5.41, 5.74) is 2.51. The van der Waals surface area contributed by atoms with Crippen molar-refractivity contribution in [3.8, 4) is 0 Å². The van der Waals surface area contributed by atoms with Gasteiger partial charge in [-0.1, -0.05) is 6.92 Å². The number of hydrogen-bond acceptors (Lipinski definition) is 7. The standard InChI is InChI=1S/C21H32N8/c1-15-2-5-19-18(10-15)20(23-7-9-29-14-22-13-25-29)27-21(26-19)24-6-8-28-12-16-3-4-17(28)11-16/h13-17H,2-12H2,1H3,(H2,23,24,26,27). The Labute approximate surface area is 172 Å². The molecular formula is C21H32N8. The van der Waals surface area contributed by atoms with Crippen molar-refractivity contribution in [2.24, 2.45) is 11.8 Å². The van der Waals surface area contributed by atoms with Gasteiger partial charge in [-0.2, -0.15) is 10.1 Å². The average molecular weight is 397 g/mol. The minimum Gasteiger partial charge on any atom is -0.368 e. The Morgan fingerprint density at radius 3 is 2.83 bits per heavy atom. The quantitative estimate of drug-likeness (QED) is 0.708. The molecule has 0 spiro atoms. The lowest BCUT2D eigenvalue weighted by Crippen LogP contribution is -2.36. The van der Waals surface area contributed by atoms with Gasteiger partial charge in [-0.05, 0) is 50.4 Å². The van der Waals surface area contributed by atoms with Gasteiger partial charge >= 0.3 is 0 Å². The monoisotopic (exact) mass is 396 g/mol. The molecule has 0 amide bonds. The lowest BCUT2D eigenvalue weighted by molar-refractivity contribution is 0.221. The van der Waals surface area contributed by atoms with Gasteiger partial charge in [0.1, 0.15) is 18.5 Å². The SMILES string of the molecule is CC1CCc2nc(NCCN3CC4CCC3C4)nc(NCCn3cncn3)c2C1.